The molecule has 0 saturated carbocycles. The van der Waals surface area contributed by atoms with Crippen molar-refractivity contribution in [3.05, 3.63) is 64.7 Å². The van der Waals surface area contributed by atoms with Crippen LogP contribution in [0.1, 0.15) is 62.6 Å². The van der Waals surface area contributed by atoms with Crippen molar-refractivity contribution >= 4 is 23.1 Å². The summed E-state index contributed by atoms with van der Waals surface area (Å²) in [6.07, 6.45) is 11.4. The fraction of sp³-hybridized carbons (Fsp3) is 0.391. The van der Waals surface area contributed by atoms with Crippen molar-refractivity contribution in [3.63, 3.8) is 0 Å². The summed E-state index contributed by atoms with van der Waals surface area (Å²) in [6, 6.07) is 15.9. The summed E-state index contributed by atoms with van der Waals surface area (Å²) < 4.78 is 0. The molecule has 0 radical (unpaired) electrons. The van der Waals surface area contributed by atoms with Crippen molar-refractivity contribution in [2.24, 2.45) is 0 Å². The van der Waals surface area contributed by atoms with E-state index in [1.165, 1.54) is 59.9 Å². The zero-order chi connectivity index (χ0) is 18.8. The number of fused-ring (bicyclic) bond motifs is 1. The van der Waals surface area contributed by atoms with Gasteiger partial charge in [-0.1, -0.05) is 87.2 Å². The fourth-order valence-corrected chi connectivity index (χ4v) is 3.55. The van der Waals surface area contributed by atoms with E-state index >= 15 is 0 Å². The van der Waals surface area contributed by atoms with Crippen molar-refractivity contribution in [1.82, 2.24) is 0 Å². The molecule has 3 heteroatoms. The van der Waals surface area contributed by atoms with Gasteiger partial charge in [0.25, 0.3) is 0 Å². The van der Waals surface area contributed by atoms with E-state index in [4.69, 9.17) is 17.0 Å². The molecule has 0 spiro atoms. The molecule has 0 aliphatic heterocycles. The van der Waals surface area contributed by atoms with Crippen LogP contribution in [0.15, 0.2) is 48.0 Å². The summed E-state index contributed by atoms with van der Waals surface area (Å²) in [4.78, 5) is 0. The van der Waals surface area contributed by atoms with E-state index in [1.54, 1.807) is 5.57 Å². The van der Waals surface area contributed by atoms with Crippen LogP contribution in [0, 0.1) is 0 Å². The number of benzene rings is 2. The molecule has 0 atom stereocenters. The third-order valence-corrected chi connectivity index (χ3v) is 4.99. The second-order valence-corrected chi connectivity index (χ2v) is 10.5. The Morgan fingerprint density at radius 1 is 0.923 bits per heavy atom. The Hall–Kier alpha value is -0.357. The van der Waals surface area contributed by atoms with Gasteiger partial charge in [-0.15, -0.1) is 0 Å². The first-order chi connectivity index (χ1) is 12.7. The first kappa shape index (κ1) is 21.9. The van der Waals surface area contributed by atoms with Crippen molar-refractivity contribution < 1.29 is 20.8 Å². The molecule has 0 N–H and O–H groups in total. The van der Waals surface area contributed by atoms with Crippen LogP contribution in [-0.4, -0.2) is 0 Å². The van der Waals surface area contributed by atoms with Crippen LogP contribution in [0.25, 0.3) is 17.2 Å². The third-order valence-electron chi connectivity index (χ3n) is 4.99. The van der Waals surface area contributed by atoms with Gasteiger partial charge in [-0.25, -0.2) is 0 Å². The Morgan fingerprint density at radius 3 is 2.31 bits per heavy atom. The van der Waals surface area contributed by atoms with Crippen LogP contribution >= 0.6 is 17.0 Å². The Kier molecular flexibility index (Phi) is 10.3. The predicted octanol–water partition coefficient (Wildman–Crippen LogP) is 8.20. The molecule has 0 bridgehead atoms. The van der Waals surface area contributed by atoms with Gasteiger partial charge in [-0.3, -0.25) is 0 Å². The molecule has 1 aliphatic rings. The molecule has 138 valence electrons. The van der Waals surface area contributed by atoms with Gasteiger partial charge in [0.15, 0.2) is 0 Å². The summed E-state index contributed by atoms with van der Waals surface area (Å²) in [7, 11) is 9.87. The van der Waals surface area contributed by atoms with E-state index in [0.717, 1.165) is 12.8 Å². The third kappa shape index (κ3) is 6.36. The molecule has 0 saturated heterocycles. The molecule has 0 amide bonds. The maximum atomic E-state index is 4.93. The normalized spacial score (nSPS) is 12.1. The number of hydrogen-bond donors (Lipinski definition) is 0. The van der Waals surface area contributed by atoms with E-state index in [-0.39, 0.29) is 0 Å². The van der Waals surface area contributed by atoms with Crippen molar-refractivity contribution in [2.45, 2.75) is 58.8 Å². The monoisotopic (exact) mass is 464 g/mol. The van der Waals surface area contributed by atoms with Crippen LogP contribution in [0.4, 0.5) is 0 Å². The molecule has 26 heavy (non-hydrogen) atoms. The summed E-state index contributed by atoms with van der Waals surface area (Å²) in [6.45, 7) is 4.49. The Bertz CT molecular complexity index is 705. The first-order valence-corrected chi connectivity index (χ1v) is 15.9. The fourth-order valence-electron chi connectivity index (χ4n) is 3.55. The van der Waals surface area contributed by atoms with Crippen LogP contribution in [0.5, 0.6) is 0 Å². The number of hydrogen-bond acceptors (Lipinski definition) is 0. The van der Waals surface area contributed by atoms with Gasteiger partial charge in [0.05, 0.1) is 0 Å². The van der Waals surface area contributed by atoms with Crippen molar-refractivity contribution in [2.75, 3.05) is 0 Å². The summed E-state index contributed by atoms with van der Waals surface area (Å²) in [5.41, 5.74) is 8.74. The molecule has 0 unspecified atom stereocenters. The Labute approximate surface area is 177 Å². The van der Waals surface area contributed by atoms with Crippen molar-refractivity contribution in [3.8, 4) is 11.1 Å². The minimum absolute atomic E-state index is 0.826. The molecule has 1 aliphatic carbocycles. The van der Waals surface area contributed by atoms with E-state index in [1.807, 2.05) is 0 Å². The van der Waals surface area contributed by atoms with Crippen molar-refractivity contribution in [1.29, 1.82) is 0 Å². The van der Waals surface area contributed by atoms with Gasteiger partial charge in [0.1, 0.15) is 0 Å². The van der Waals surface area contributed by atoms with Gasteiger partial charge in [-0.05, 0) is 53.5 Å². The van der Waals surface area contributed by atoms with E-state index in [9.17, 15) is 0 Å². The molecule has 3 rings (SSSR count). The van der Waals surface area contributed by atoms with Crippen LogP contribution < -0.4 is 0 Å². The molecule has 0 heterocycles. The molecular weight excluding hydrogens is 438 g/mol. The second kappa shape index (κ2) is 12.2. The topological polar surface area (TPSA) is 0 Å². The molecular formula is C23H28Cl2Zr. The summed E-state index contributed by atoms with van der Waals surface area (Å²) in [5, 5.41) is 0. The number of allylic oxidation sites excluding steroid dienone is 1. The van der Waals surface area contributed by atoms with Crippen LogP contribution in [0.2, 0.25) is 0 Å². The first-order valence-electron chi connectivity index (χ1n) is 9.60. The molecule has 0 nitrogen and oxygen atoms in total. The SMILES string of the molecule is CCCCCCC1=Cc2c(cccc2-c2ccc(CC)cc2)C1.[Cl][Zr][Cl]. The predicted molar refractivity (Wildman–Crippen MR) is 113 cm³/mol. The zero-order valence-electron chi connectivity index (χ0n) is 15.8. The van der Waals surface area contributed by atoms with Gasteiger partial charge < -0.3 is 0 Å². The summed E-state index contributed by atoms with van der Waals surface area (Å²) in [5.74, 6) is 0. The van der Waals surface area contributed by atoms with E-state index in [0.29, 0.717) is 0 Å². The number of unbranched alkanes of at least 4 members (excludes halogenated alkanes) is 3. The van der Waals surface area contributed by atoms with Gasteiger partial charge in [0.2, 0.25) is 0 Å². The van der Waals surface area contributed by atoms with Gasteiger partial charge in [-0.2, -0.15) is 0 Å². The summed E-state index contributed by atoms with van der Waals surface area (Å²) >= 11 is -0.826. The molecule has 0 fully saturated rings. The Balaban J connectivity index is 0.000000758. The number of aryl methyl sites for hydroxylation is 1. The number of rotatable bonds is 7. The minimum atomic E-state index is -0.826. The molecule has 0 aromatic heterocycles. The van der Waals surface area contributed by atoms with Gasteiger partial charge in [0, 0.05) is 0 Å². The van der Waals surface area contributed by atoms with Gasteiger partial charge >= 0.3 is 37.9 Å². The standard InChI is InChI=1S/C23H28.2ClH.Zr/c1-3-5-6-7-9-19-16-21-10-8-11-22(23(21)17-19)20-14-12-18(4-2)13-15-20;;;/h8,10-15,17H,3-7,9,16H2,1-2H3;2*1H;/q;;;+2/p-2. The zero-order valence-corrected chi connectivity index (χ0v) is 19.8. The van der Waals surface area contributed by atoms with E-state index in [2.05, 4.69) is 62.4 Å². The number of halogens is 2. The quantitative estimate of drug-likeness (QED) is 0.361. The maximum absolute atomic E-state index is 4.93. The second-order valence-electron chi connectivity index (χ2n) is 6.79. The average Bonchev–Trinajstić information content (AvgIpc) is 3.09. The van der Waals surface area contributed by atoms with Crippen LogP contribution in [-0.2, 0) is 33.7 Å². The molecule has 2 aromatic carbocycles. The average molecular weight is 467 g/mol. The van der Waals surface area contributed by atoms with E-state index < -0.39 is 20.8 Å². The Morgan fingerprint density at radius 2 is 1.65 bits per heavy atom. The van der Waals surface area contributed by atoms with Crippen LogP contribution in [0.3, 0.4) is 0 Å². The molecule has 2 aromatic rings.